The van der Waals surface area contributed by atoms with Gasteiger partial charge in [0.2, 0.25) is 5.95 Å². The highest BCUT2D eigenvalue weighted by molar-refractivity contribution is 6.36. The number of benzene rings is 3. The third-order valence-corrected chi connectivity index (χ3v) is 5.23. The van der Waals surface area contributed by atoms with Gasteiger partial charge < -0.3 is 10.1 Å². The highest BCUT2D eigenvalue weighted by Crippen LogP contribution is 2.23. The molecule has 2 amide bonds. The summed E-state index contributed by atoms with van der Waals surface area (Å²) in [5.41, 5.74) is 2.28. The van der Waals surface area contributed by atoms with Gasteiger partial charge in [0, 0.05) is 27.9 Å². The van der Waals surface area contributed by atoms with Crippen LogP contribution in [-0.2, 0) is 0 Å². The summed E-state index contributed by atoms with van der Waals surface area (Å²) in [5.74, 6) is 0.373. The van der Waals surface area contributed by atoms with E-state index in [1.165, 1.54) is 30.1 Å². The van der Waals surface area contributed by atoms with Crippen molar-refractivity contribution in [1.29, 1.82) is 0 Å². The van der Waals surface area contributed by atoms with Crippen molar-refractivity contribution in [3.63, 3.8) is 0 Å². The number of aromatic nitrogens is 2. The number of anilines is 2. The Morgan fingerprint density at radius 2 is 1.88 bits per heavy atom. The Morgan fingerprint density at radius 1 is 1.09 bits per heavy atom. The van der Waals surface area contributed by atoms with Crippen LogP contribution in [0.15, 0.2) is 78.0 Å². The number of halogens is 3. The SMILES string of the molecule is COc1cccc(NC(=O)Nc2nc(-c3ccc(F)cc3)cn2/N=C/c2ccc(Cl)cc2Cl)c1. The van der Waals surface area contributed by atoms with Crippen molar-refractivity contribution in [3.8, 4) is 17.0 Å². The largest absolute Gasteiger partial charge is 0.497 e. The van der Waals surface area contributed by atoms with Crippen LogP contribution >= 0.6 is 23.2 Å². The van der Waals surface area contributed by atoms with E-state index in [0.717, 1.165) is 0 Å². The molecule has 0 spiro atoms. The molecule has 172 valence electrons. The molecule has 0 radical (unpaired) electrons. The van der Waals surface area contributed by atoms with Crippen molar-refractivity contribution in [2.75, 3.05) is 17.7 Å². The van der Waals surface area contributed by atoms with Crippen LogP contribution in [0.2, 0.25) is 10.0 Å². The molecule has 0 aliphatic heterocycles. The number of ether oxygens (including phenoxy) is 1. The van der Waals surface area contributed by atoms with Crippen LogP contribution in [0.5, 0.6) is 5.75 Å². The molecule has 1 aromatic heterocycles. The van der Waals surface area contributed by atoms with Gasteiger partial charge in [-0.1, -0.05) is 35.3 Å². The Balaban J connectivity index is 1.62. The third kappa shape index (κ3) is 5.72. The van der Waals surface area contributed by atoms with Crippen LogP contribution in [0, 0.1) is 5.82 Å². The van der Waals surface area contributed by atoms with Gasteiger partial charge >= 0.3 is 6.03 Å². The van der Waals surface area contributed by atoms with Crippen molar-refractivity contribution < 1.29 is 13.9 Å². The normalized spacial score (nSPS) is 10.9. The van der Waals surface area contributed by atoms with Gasteiger partial charge in [-0.3, -0.25) is 5.32 Å². The molecule has 0 bridgehead atoms. The van der Waals surface area contributed by atoms with Crippen molar-refractivity contribution in [2.45, 2.75) is 0 Å². The van der Waals surface area contributed by atoms with Crippen molar-refractivity contribution in [3.05, 3.63) is 94.4 Å². The number of rotatable bonds is 6. The van der Waals surface area contributed by atoms with Crippen LogP contribution < -0.4 is 15.4 Å². The second kappa shape index (κ2) is 10.4. The molecular formula is C24H18Cl2FN5O2. The van der Waals surface area contributed by atoms with Crippen LogP contribution in [-0.4, -0.2) is 29.0 Å². The molecule has 4 rings (SSSR count). The minimum atomic E-state index is -0.537. The average Bonchev–Trinajstić information content (AvgIpc) is 3.21. The minimum Gasteiger partial charge on any atom is -0.497 e. The molecule has 0 atom stereocenters. The lowest BCUT2D eigenvalue weighted by atomic mass is 10.2. The minimum absolute atomic E-state index is 0.140. The summed E-state index contributed by atoms with van der Waals surface area (Å²) in [6, 6.07) is 17.2. The summed E-state index contributed by atoms with van der Waals surface area (Å²) in [7, 11) is 1.54. The lowest BCUT2D eigenvalue weighted by Gasteiger charge is -2.08. The second-order valence-electron chi connectivity index (χ2n) is 7.02. The molecule has 10 heteroatoms. The number of imidazole rings is 1. The molecule has 0 fully saturated rings. The maximum atomic E-state index is 13.3. The molecule has 2 N–H and O–H groups in total. The van der Waals surface area contributed by atoms with E-state index in [1.54, 1.807) is 60.8 Å². The topological polar surface area (TPSA) is 80.5 Å². The Bertz CT molecular complexity index is 1360. The first kappa shape index (κ1) is 23.3. The zero-order chi connectivity index (χ0) is 24.1. The van der Waals surface area contributed by atoms with E-state index >= 15 is 0 Å². The smallest absolute Gasteiger partial charge is 0.326 e. The summed E-state index contributed by atoms with van der Waals surface area (Å²) in [5, 5.41) is 10.7. The summed E-state index contributed by atoms with van der Waals surface area (Å²) >= 11 is 12.2. The zero-order valence-electron chi connectivity index (χ0n) is 17.8. The van der Waals surface area contributed by atoms with Gasteiger partial charge in [-0.15, -0.1) is 0 Å². The van der Waals surface area contributed by atoms with E-state index in [1.807, 2.05) is 0 Å². The fourth-order valence-corrected chi connectivity index (χ4v) is 3.46. The van der Waals surface area contributed by atoms with Crippen molar-refractivity contribution in [1.82, 2.24) is 9.66 Å². The number of urea groups is 1. The maximum absolute atomic E-state index is 13.3. The molecule has 0 saturated heterocycles. The number of nitrogens with one attached hydrogen (secondary N) is 2. The fraction of sp³-hybridized carbons (Fsp3) is 0.0417. The van der Waals surface area contributed by atoms with Crippen LogP contribution in [0.3, 0.4) is 0 Å². The van der Waals surface area contributed by atoms with E-state index in [0.29, 0.717) is 38.3 Å². The predicted octanol–water partition coefficient (Wildman–Crippen LogP) is 6.53. The van der Waals surface area contributed by atoms with Gasteiger partial charge in [-0.05, 0) is 48.5 Å². The van der Waals surface area contributed by atoms with E-state index in [9.17, 15) is 9.18 Å². The lowest BCUT2D eigenvalue weighted by Crippen LogP contribution is -2.21. The van der Waals surface area contributed by atoms with Gasteiger partial charge in [0.25, 0.3) is 0 Å². The number of nitrogens with zero attached hydrogens (tertiary/aromatic N) is 3. The van der Waals surface area contributed by atoms with Crippen molar-refractivity contribution >= 4 is 47.1 Å². The Kier molecular flexibility index (Phi) is 7.10. The van der Waals surface area contributed by atoms with Gasteiger partial charge in [-0.2, -0.15) is 5.10 Å². The average molecular weight is 498 g/mol. The molecule has 0 aliphatic rings. The molecule has 0 unspecified atom stereocenters. The van der Waals surface area contributed by atoms with E-state index in [-0.39, 0.29) is 11.8 Å². The highest BCUT2D eigenvalue weighted by Gasteiger charge is 2.13. The number of methoxy groups -OCH3 is 1. The number of amides is 2. The third-order valence-electron chi connectivity index (χ3n) is 4.66. The monoisotopic (exact) mass is 497 g/mol. The van der Waals surface area contributed by atoms with E-state index in [2.05, 4.69) is 20.7 Å². The number of hydrogen-bond donors (Lipinski definition) is 2. The van der Waals surface area contributed by atoms with Gasteiger partial charge in [-0.25, -0.2) is 18.8 Å². The van der Waals surface area contributed by atoms with E-state index < -0.39 is 6.03 Å². The van der Waals surface area contributed by atoms with Gasteiger partial charge in [0.15, 0.2) is 0 Å². The van der Waals surface area contributed by atoms with Crippen LogP contribution in [0.25, 0.3) is 11.3 Å². The van der Waals surface area contributed by atoms with Gasteiger partial charge in [0.1, 0.15) is 11.6 Å². The second-order valence-corrected chi connectivity index (χ2v) is 7.87. The van der Waals surface area contributed by atoms with Crippen LogP contribution in [0.1, 0.15) is 5.56 Å². The van der Waals surface area contributed by atoms with E-state index in [4.69, 9.17) is 27.9 Å². The van der Waals surface area contributed by atoms with Crippen LogP contribution in [0.4, 0.5) is 20.8 Å². The van der Waals surface area contributed by atoms with Crippen molar-refractivity contribution in [2.24, 2.45) is 5.10 Å². The molecule has 3 aromatic carbocycles. The first-order chi connectivity index (χ1) is 16.4. The maximum Gasteiger partial charge on any atom is 0.326 e. The summed E-state index contributed by atoms with van der Waals surface area (Å²) in [4.78, 5) is 17.1. The first-order valence-corrected chi connectivity index (χ1v) is 10.7. The Hall–Kier alpha value is -3.88. The summed E-state index contributed by atoms with van der Waals surface area (Å²) in [6.45, 7) is 0. The predicted molar refractivity (Wildman–Crippen MR) is 133 cm³/mol. The number of carbonyl (C=O) groups excluding carboxylic acids is 1. The molecule has 7 nitrogen and oxygen atoms in total. The molecule has 34 heavy (non-hydrogen) atoms. The van der Waals surface area contributed by atoms with Gasteiger partial charge in [0.05, 0.1) is 30.2 Å². The molecule has 4 aromatic rings. The number of hydrogen-bond acceptors (Lipinski definition) is 4. The summed E-state index contributed by atoms with van der Waals surface area (Å²) < 4.78 is 19.9. The highest BCUT2D eigenvalue weighted by atomic mass is 35.5. The fourth-order valence-electron chi connectivity index (χ4n) is 3.00. The molecule has 1 heterocycles. The quantitative estimate of drug-likeness (QED) is 0.297. The first-order valence-electron chi connectivity index (χ1n) is 9.98. The molecule has 0 saturated carbocycles. The zero-order valence-corrected chi connectivity index (χ0v) is 19.3. The lowest BCUT2D eigenvalue weighted by molar-refractivity contribution is 0.262. The molecule has 0 aliphatic carbocycles. The Morgan fingerprint density at radius 3 is 2.62 bits per heavy atom. The number of carbonyl (C=O) groups is 1. The summed E-state index contributed by atoms with van der Waals surface area (Å²) in [6.07, 6.45) is 3.12. The standard InChI is InChI=1S/C24H18Cl2FN5O2/c1-34-20-4-2-3-19(12-20)29-24(33)31-23-30-22(15-6-9-18(27)10-7-15)14-32(23)28-13-16-5-8-17(25)11-21(16)26/h2-14H,1H3,(H2,29,30,31,33)/b28-13+. The Labute approximate surface area is 204 Å². The molecular weight excluding hydrogens is 480 g/mol.